The highest BCUT2D eigenvalue weighted by Gasteiger charge is 2.22. The Balaban J connectivity index is 2.02. The molecule has 3 aromatic carbocycles. The molecule has 0 bridgehead atoms. The normalized spacial score (nSPS) is 12.8. The van der Waals surface area contributed by atoms with Crippen molar-refractivity contribution in [1.82, 2.24) is 0 Å². The molecule has 0 radical (unpaired) electrons. The number of hydrogen-bond donors (Lipinski definition) is 0. The molecular weight excluding hydrogens is 356 g/mol. The van der Waals surface area contributed by atoms with Crippen molar-refractivity contribution in [3.63, 3.8) is 0 Å². The Morgan fingerprint density at radius 3 is 1.89 bits per heavy atom. The van der Waals surface area contributed by atoms with E-state index in [1.807, 2.05) is 11.3 Å². The Labute approximate surface area is 173 Å². The zero-order valence-electron chi connectivity index (χ0n) is 18.1. The molecule has 1 heterocycles. The fourth-order valence-electron chi connectivity index (χ4n) is 3.95. The summed E-state index contributed by atoms with van der Waals surface area (Å²) < 4.78 is 2.75. The first-order chi connectivity index (χ1) is 13.1. The maximum Gasteiger partial charge on any atom is 0.0358 e. The number of fused-ring (bicyclic) bond motifs is 3. The summed E-state index contributed by atoms with van der Waals surface area (Å²) in [7, 11) is 0. The van der Waals surface area contributed by atoms with Crippen LogP contribution < -0.4 is 0 Å². The first-order valence-electron chi connectivity index (χ1n) is 10.1. The van der Waals surface area contributed by atoms with Crippen molar-refractivity contribution < 1.29 is 0 Å². The van der Waals surface area contributed by atoms with Gasteiger partial charge in [0.15, 0.2) is 0 Å². The van der Waals surface area contributed by atoms with Crippen LogP contribution in [0.15, 0.2) is 54.6 Å². The van der Waals surface area contributed by atoms with Gasteiger partial charge in [-0.15, -0.1) is 11.3 Å². The molecule has 0 unspecified atom stereocenters. The quantitative estimate of drug-likeness (QED) is 0.307. The van der Waals surface area contributed by atoms with Crippen LogP contribution in [-0.4, -0.2) is 0 Å². The second-order valence-corrected chi connectivity index (χ2v) is 11.1. The van der Waals surface area contributed by atoms with E-state index in [2.05, 4.69) is 103 Å². The van der Waals surface area contributed by atoms with Gasteiger partial charge in [0.1, 0.15) is 0 Å². The third-order valence-electron chi connectivity index (χ3n) is 5.78. The van der Waals surface area contributed by atoms with Crippen LogP contribution in [0.4, 0.5) is 0 Å². The molecule has 0 aliphatic heterocycles. The molecule has 0 fully saturated rings. The van der Waals surface area contributed by atoms with E-state index >= 15 is 0 Å². The molecule has 1 aromatic heterocycles. The monoisotopic (exact) mass is 386 g/mol. The van der Waals surface area contributed by atoms with Crippen LogP contribution in [0.25, 0.3) is 31.3 Å². The van der Waals surface area contributed by atoms with E-state index in [9.17, 15) is 0 Å². The van der Waals surface area contributed by atoms with Gasteiger partial charge in [0.05, 0.1) is 0 Å². The van der Waals surface area contributed by atoms with Crippen LogP contribution in [0, 0.1) is 6.92 Å². The van der Waals surface area contributed by atoms with Gasteiger partial charge in [-0.2, -0.15) is 0 Å². The molecular formula is C27H30S. The molecule has 144 valence electrons. The third-order valence-corrected chi connectivity index (χ3v) is 6.92. The van der Waals surface area contributed by atoms with Crippen molar-refractivity contribution in [2.75, 3.05) is 0 Å². The average Bonchev–Trinajstić information content (AvgIpc) is 2.99. The Kier molecular flexibility index (Phi) is 4.43. The van der Waals surface area contributed by atoms with Crippen molar-refractivity contribution >= 4 is 31.5 Å². The minimum absolute atomic E-state index is 0.128. The van der Waals surface area contributed by atoms with Gasteiger partial charge in [-0.1, -0.05) is 84.0 Å². The second-order valence-electron chi connectivity index (χ2n) is 10.0. The third kappa shape index (κ3) is 3.26. The Bertz CT molecular complexity index is 1140. The average molecular weight is 387 g/mol. The summed E-state index contributed by atoms with van der Waals surface area (Å²) in [6.07, 6.45) is 0. The van der Waals surface area contributed by atoms with Crippen LogP contribution in [0.3, 0.4) is 0 Å². The molecule has 0 aliphatic rings. The van der Waals surface area contributed by atoms with Gasteiger partial charge in [-0.25, -0.2) is 0 Å². The summed E-state index contributed by atoms with van der Waals surface area (Å²) in [5.41, 5.74) is 7.15. The first kappa shape index (κ1) is 19.2. The van der Waals surface area contributed by atoms with E-state index in [0.29, 0.717) is 0 Å². The Hall–Kier alpha value is -2.12. The topological polar surface area (TPSA) is 0 Å². The second kappa shape index (κ2) is 6.46. The first-order valence-corrected chi connectivity index (χ1v) is 10.9. The van der Waals surface area contributed by atoms with E-state index < -0.39 is 0 Å². The van der Waals surface area contributed by atoms with Crippen molar-refractivity contribution in [3.8, 4) is 11.1 Å². The van der Waals surface area contributed by atoms with Crippen molar-refractivity contribution in [3.05, 3.63) is 71.3 Å². The molecule has 0 saturated carbocycles. The largest absolute Gasteiger partial charge is 0.135 e. The number of hydrogen-bond acceptors (Lipinski definition) is 1. The predicted octanol–water partition coefficient (Wildman–Crippen LogP) is 8.62. The lowest BCUT2D eigenvalue weighted by Crippen LogP contribution is -2.16. The van der Waals surface area contributed by atoms with Crippen LogP contribution in [0.2, 0.25) is 0 Å². The minimum atomic E-state index is 0.128. The molecule has 0 spiro atoms. The SMILES string of the molecule is Cc1c(-c2cc(C(C)(C)C)cc(C(C)(C)C)c2)ccc2sc3ccccc3c12. The Morgan fingerprint density at radius 1 is 0.679 bits per heavy atom. The zero-order valence-corrected chi connectivity index (χ0v) is 18.9. The van der Waals surface area contributed by atoms with Crippen molar-refractivity contribution in [1.29, 1.82) is 0 Å². The molecule has 0 N–H and O–H groups in total. The van der Waals surface area contributed by atoms with E-state index in [1.165, 1.54) is 48.0 Å². The van der Waals surface area contributed by atoms with Crippen LogP contribution in [0.5, 0.6) is 0 Å². The molecule has 0 atom stereocenters. The van der Waals surface area contributed by atoms with Gasteiger partial charge in [0, 0.05) is 20.2 Å². The van der Waals surface area contributed by atoms with Gasteiger partial charge >= 0.3 is 0 Å². The summed E-state index contributed by atoms with van der Waals surface area (Å²) in [6.45, 7) is 16.1. The zero-order chi connectivity index (χ0) is 20.3. The van der Waals surface area contributed by atoms with Gasteiger partial charge in [0.25, 0.3) is 0 Å². The molecule has 0 aliphatic carbocycles. The van der Waals surface area contributed by atoms with Crippen LogP contribution in [0.1, 0.15) is 58.2 Å². The number of rotatable bonds is 1. The molecule has 4 aromatic rings. The fourth-order valence-corrected chi connectivity index (χ4v) is 5.11. The molecule has 4 rings (SSSR count). The standard InChI is InChI=1S/C27H30S/c1-17-21(12-13-24-25(17)22-10-8-9-11-23(22)28-24)18-14-19(26(2,3)4)16-20(15-18)27(5,6)7/h8-16H,1-7H3. The maximum absolute atomic E-state index is 2.40. The predicted molar refractivity (Wildman–Crippen MR) is 127 cm³/mol. The summed E-state index contributed by atoms with van der Waals surface area (Å²) in [4.78, 5) is 0. The number of benzene rings is 3. The Morgan fingerprint density at radius 2 is 1.29 bits per heavy atom. The highest BCUT2D eigenvalue weighted by atomic mass is 32.1. The number of thiophene rings is 1. The van der Waals surface area contributed by atoms with Crippen molar-refractivity contribution in [2.24, 2.45) is 0 Å². The lowest BCUT2D eigenvalue weighted by Gasteiger charge is -2.26. The fraction of sp³-hybridized carbons (Fsp3) is 0.333. The summed E-state index contributed by atoms with van der Waals surface area (Å²) in [6, 6.07) is 20.6. The van der Waals surface area contributed by atoms with Gasteiger partial charge in [0.2, 0.25) is 0 Å². The lowest BCUT2D eigenvalue weighted by atomic mass is 9.78. The molecule has 28 heavy (non-hydrogen) atoms. The van der Waals surface area contributed by atoms with Gasteiger partial charge in [-0.05, 0) is 57.7 Å². The van der Waals surface area contributed by atoms with E-state index in [1.54, 1.807) is 0 Å². The number of aryl methyl sites for hydroxylation is 1. The smallest absolute Gasteiger partial charge is 0.0358 e. The molecule has 0 nitrogen and oxygen atoms in total. The van der Waals surface area contributed by atoms with Crippen LogP contribution in [-0.2, 0) is 10.8 Å². The van der Waals surface area contributed by atoms with E-state index in [0.717, 1.165) is 0 Å². The molecule has 0 saturated heterocycles. The summed E-state index contributed by atoms with van der Waals surface area (Å²) in [5.74, 6) is 0. The van der Waals surface area contributed by atoms with Gasteiger partial charge < -0.3 is 0 Å². The molecule has 1 heteroatoms. The van der Waals surface area contributed by atoms with Gasteiger partial charge in [-0.3, -0.25) is 0 Å². The summed E-state index contributed by atoms with van der Waals surface area (Å²) in [5, 5.41) is 2.79. The maximum atomic E-state index is 2.40. The van der Waals surface area contributed by atoms with Crippen molar-refractivity contribution in [2.45, 2.75) is 59.3 Å². The minimum Gasteiger partial charge on any atom is -0.135 e. The highest BCUT2D eigenvalue weighted by molar-refractivity contribution is 7.25. The highest BCUT2D eigenvalue weighted by Crippen LogP contribution is 2.41. The van der Waals surface area contributed by atoms with E-state index in [-0.39, 0.29) is 10.8 Å². The summed E-state index contributed by atoms with van der Waals surface area (Å²) >= 11 is 1.89. The van der Waals surface area contributed by atoms with E-state index in [4.69, 9.17) is 0 Å². The lowest BCUT2D eigenvalue weighted by molar-refractivity contribution is 0.569. The molecule has 0 amide bonds. The van der Waals surface area contributed by atoms with Crippen LogP contribution >= 0.6 is 11.3 Å².